The summed E-state index contributed by atoms with van der Waals surface area (Å²) in [7, 11) is 0. The van der Waals surface area contributed by atoms with Crippen molar-refractivity contribution in [3.8, 4) is 0 Å². The molecule has 136 valence electrons. The summed E-state index contributed by atoms with van der Waals surface area (Å²) < 4.78 is 0. The lowest BCUT2D eigenvalue weighted by Gasteiger charge is -2.38. The smallest absolute Gasteiger partial charge is 0.262 e. The van der Waals surface area contributed by atoms with Gasteiger partial charge in [0.15, 0.2) is 0 Å². The number of para-hydroxylation sites is 1. The highest BCUT2D eigenvalue weighted by Crippen LogP contribution is 2.37. The molecule has 27 heavy (non-hydrogen) atoms. The first kappa shape index (κ1) is 17.3. The summed E-state index contributed by atoms with van der Waals surface area (Å²) in [4.78, 5) is 15.2. The van der Waals surface area contributed by atoms with Gasteiger partial charge < -0.3 is 5.32 Å². The van der Waals surface area contributed by atoms with Gasteiger partial charge in [0.05, 0.1) is 5.56 Å². The van der Waals surface area contributed by atoms with Crippen LogP contribution in [0, 0.1) is 0 Å². The largest absolute Gasteiger partial charge is 0.360 e. The van der Waals surface area contributed by atoms with Crippen molar-refractivity contribution in [2.75, 3.05) is 10.2 Å². The minimum Gasteiger partial charge on any atom is -0.360 e. The average Bonchev–Trinajstić information content (AvgIpc) is 2.68. The fourth-order valence-electron chi connectivity index (χ4n) is 3.51. The molecule has 1 aliphatic rings. The van der Waals surface area contributed by atoms with Crippen LogP contribution in [0.3, 0.4) is 0 Å². The number of carbonyl (C=O) groups is 1. The second kappa shape index (κ2) is 6.58. The lowest BCUT2D eigenvalue weighted by molar-refractivity contribution is 0.0975. The number of carbonyl (C=O) groups excluding carboxylic acids is 1. The zero-order chi connectivity index (χ0) is 19.0. The van der Waals surface area contributed by atoms with Gasteiger partial charge in [0.1, 0.15) is 6.17 Å². The molecule has 0 saturated carbocycles. The van der Waals surface area contributed by atoms with E-state index in [1.165, 1.54) is 5.56 Å². The van der Waals surface area contributed by atoms with Gasteiger partial charge in [-0.2, -0.15) is 0 Å². The molecule has 3 nitrogen and oxygen atoms in total. The van der Waals surface area contributed by atoms with Crippen LogP contribution in [0.1, 0.15) is 48.4 Å². The van der Waals surface area contributed by atoms with E-state index in [2.05, 4.69) is 50.4 Å². The molecule has 1 amide bonds. The Bertz CT molecular complexity index is 956. The molecule has 0 aromatic heterocycles. The van der Waals surface area contributed by atoms with Crippen LogP contribution in [0.25, 0.3) is 0 Å². The number of fused-ring (bicyclic) bond motifs is 1. The molecule has 1 aliphatic heterocycles. The number of anilines is 2. The number of nitrogens with one attached hydrogen (secondary N) is 1. The summed E-state index contributed by atoms with van der Waals surface area (Å²) in [6, 6.07) is 26.1. The molecule has 0 bridgehead atoms. The van der Waals surface area contributed by atoms with Crippen molar-refractivity contribution in [2.24, 2.45) is 0 Å². The van der Waals surface area contributed by atoms with Crippen molar-refractivity contribution < 1.29 is 4.79 Å². The van der Waals surface area contributed by atoms with Crippen LogP contribution in [0.2, 0.25) is 0 Å². The van der Waals surface area contributed by atoms with Gasteiger partial charge in [0.2, 0.25) is 0 Å². The van der Waals surface area contributed by atoms with Crippen LogP contribution >= 0.6 is 0 Å². The van der Waals surface area contributed by atoms with Gasteiger partial charge in [-0.15, -0.1) is 0 Å². The summed E-state index contributed by atoms with van der Waals surface area (Å²) in [5.74, 6) is 0.0155. The van der Waals surface area contributed by atoms with Gasteiger partial charge in [-0.3, -0.25) is 9.69 Å². The third-order valence-electron chi connectivity index (χ3n) is 5.05. The number of benzene rings is 3. The lowest BCUT2D eigenvalue weighted by atomic mass is 9.87. The molecule has 4 rings (SSSR count). The Kier molecular flexibility index (Phi) is 4.23. The molecule has 1 N–H and O–H groups in total. The van der Waals surface area contributed by atoms with Crippen molar-refractivity contribution in [1.29, 1.82) is 0 Å². The van der Waals surface area contributed by atoms with Gasteiger partial charge in [0.25, 0.3) is 5.91 Å². The normalized spacial score (nSPS) is 16.6. The highest BCUT2D eigenvalue weighted by molar-refractivity contribution is 6.12. The van der Waals surface area contributed by atoms with E-state index in [-0.39, 0.29) is 17.5 Å². The Hall–Kier alpha value is -3.07. The van der Waals surface area contributed by atoms with Crippen molar-refractivity contribution in [2.45, 2.75) is 32.4 Å². The molecular weight excluding hydrogens is 332 g/mol. The molecule has 0 radical (unpaired) electrons. The highest BCUT2D eigenvalue weighted by atomic mass is 16.2. The molecule has 0 unspecified atom stereocenters. The standard InChI is InChI=1S/C24H24N2O/c1-24(2,3)18-13-15-19(16-14-18)26-22(17-9-5-4-6-10-17)25-21-12-8-7-11-20(21)23(26)27/h4-16,22,25H,1-3H3/t22-/m0/s1. The monoisotopic (exact) mass is 356 g/mol. The maximum absolute atomic E-state index is 13.4. The number of nitrogens with zero attached hydrogens (tertiary/aromatic N) is 1. The fourth-order valence-corrected chi connectivity index (χ4v) is 3.51. The van der Waals surface area contributed by atoms with Crippen LogP contribution in [0.4, 0.5) is 11.4 Å². The number of hydrogen-bond donors (Lipinski definition) is 1. The van der Waals surface area contributed by atoms with Crippen molar-refractivity contribution >= 4 is 17.3 Å². The Balaban J connectivity index is 1.81. The quantitative estimate of drug-likeness (QED) is 0.633. The molecule has 0 fully saturated rings. The van der Waals surface area contributed by atoms with Crippen molar-refractivity contribution in [1.82, 2.24) is 0 Å². The van der Waals surface area contributed by atoms with E-state index in [1.807, 2.05) is 59.5 Å². The van der Waals surface area contributed by atoms with Crippen molar-refractivity contribution in [3.63, 3.8) is 0 Å². The van der Waals surface area contributed by atoms with E-state index in [0.717, 1.165) is 16.9 Å². The van der Waals surface area contributed by atoms with Gasteiger partial charge >= 0.3 is 0 Å². The zero-order valence-corrected chi connectivity index (χ0v) is 15.9. The molecule has 0 saturated heterocycles. The summed E-state index contributed by atoms with van der Waals surface area (Å²) in [6.45, 7) is 6.58. The van der Waals surface area contributed by atoms with Crippen molar-refractivity contribution in [3.05, 3.63) is 95.6 Å². The van der Waals surface area contributed by atoms with Gasteiger partial charge in [0, 0.05) is 11.4 Å². The Labute approximate surface area is 160 Å². The van der Waals surface area contributed by atoms with E-state index >= 15 is 0 Å². The van der Waals surface area contributed by atoms with E-state index in [1.54, 1.807) is 0 Å². The Morgan fingerprint density at radius 1 is 0.815 bits per heavy atom. The first-order valence-electron chi connectivity index (χ1n) is 9.30. The maximum Gasteiger partial charge on any atom is 0.262 e. The van der Waals surface area contributed by atoms with Crippen LogP contribution in [-0.2, 0) is 5.41 Å². The van der Waals surface area contributed by atoms with E-state index in [4.69, 9.17) is 0 Å². The third kappa shape index (κ3) is 3.21. The molecule has 0 aliphatic carbocycles. The van der Waals surface area contributed by atoms with Gasteiger partial charge in [-0.1, -0.05) is 75.4 Å². The minimum atomic E-state index is -0.242. The number of hydrogen-bond acceptors (Lipinski definition) is 2. The predicted octanol–water partition coefficient (Wildman–Crippen LogP) is 5.76. The second-order valence-corrected chi connectivity index (χ2v) is 7.98. The minimum absolute atomic E-state index is 0.0155. The molecule has 1 heterocycles. The summed E-state index contributed by atoms with van der Waals surface area (Å²) in [5, 5.41) is 3.54. The molecule has 3 heteroatoms. The predicted molar refractivity (Wildman–Crippen MR) is 111 cm³/mol. The molecule has 3 aromatic rings. The average molecular weight is 356 g/mol. The zero-order valence-electron chi connectivity index (χ0n) is 15.9. The summed E-state index contributed by atoms with van der Waals surface area (Å²) in [5.41, 5.74) is 4.85. The van der Waals surface area contributed by atoms with Gasteiger partial charge in [-0.05, 0) is 40.8 Å². The van der Waals surface area contributed by atoms with Crippen LogP contribution < -0.4 is 10.2 Å². The first-order valence-corrected chi connectivity index (χ1v) is 9.30. The Morgan fingerprint density at radius 2 is 1.44 bits per heavy atom. The fraction of sp³-hybridized carbons (Fsp3) is 0.208. The Morgan fingerprint density at radius 3 is 2.11 bits per heavy atom. The number of amides is 1. The van der Waals surface area contributed by atoms with E-state index in [9.17, 15) is 4.79 Å². The molecule has 0 spiro atoms. The molecule has 1 atom stereocenters. The highest BCUT2D eigenvalue weighted by Gasteiger charge is 2.34. The SMILES string of the molecule is CC(C)(C)c1ccc(N2C(=O)c3ccccc3N[C@@H]2c2ccccc2)cc1. The van der Waals surface area contributed by atoms with E-state index in [0.29, 0.717) is 5.56 Å². The third-order valence-corrected chi connectivity index (χ3v) is 5.05. The van der Waals surface area contributed by atoms with Gasteiger partial charge in [-0.25, -0.2) is 0 Å². The first-order chi connectivity index (χ1) is 12.9. The molecular formula is C24H24N2O. The molecule has 3 aromatic carbocycles. The van der Waals surface area contributed by atoms with Crippen LogP contribution in [0.5, 0.6) is 0 Å². The van der Waals surface area contributed by atoms with Crippen LogP contribution in [0.15, 0.2) is 78.9 Å². The lowest BCUT2D eigenvalue weighted by Crippen LogP contribution is -2.43. The topological polar surface area (TPSA) is 32.3 Å². The van der Waals surface area contributed by atoms with E-state index < -0.39 is 0 Å². The summed E-state index contributed by atoms with van der Waals surface area (Å²) in [6.07, 6.45) is -0.242. The maximum atomic E-state index is 13.4. The van der Waals surface area contributed by atoms with Crippen LogP contribution in [-0.4, -0.2) is 5.91 Å². The second-order valence-electron chi connectivity index (χ2n) is 7.98. The number of rotatable bonds is 2. The summed E-state index contributed by atoms with van der Waals surface area (Å²) >= 11 is 0.